The van der Waals surface area contributed by atoms with E-state index in [0.29, 0.717) is 6.04 Å². The largest absolute Gasteiger partial charge is 0.298 e. The molecule has 0 aliphatic heterocycles. The summed E-state index contributed by atoms with van der Waals surface area (Å²) in [7, 11) is 0. The van der Waals surface area contributed by atoms with Gasteiger partial charge in [-0.25, -0.2) is 4.98 Å². The van der Waals surface area contributed by atoms with E-state index >= 15 is 0 Å². The smallest absolute Gasteiger partial charge is 0.170 e. The van der Waals surface area contributed by atoms with E-state index in [4.69, 9.17) is 5.26 Å². The van der Waals surface area contributed by atoms with Crippen LogP contribution in [0, 0.1) is 11.3 Å². The molecule has 0 aromatic carbocycles. The predicted octanol–water partition coefficient (Wildman–Crippen LogP) is 1.84. The molecular formula is C10H14N4S2. The molecule has 0 spiro atoms. The number of hydrogen-bond acceptors (Lipinski definition) is 6. The molecule has 6 heteroatoms. The second kappa shape index (κ2) is 5.62. The molecule has 0 saturated heterocycles. The molecule has 1 unspecified atom stereocenters. The number of aryl methyl sites for hydroxylation is 1. The van der Waals surface area contributed by atoms with Gasteiger partial charge in [0.15, 0.2) is 4.34 Å². The maximum Gasteiger partial charge on any atom is 0.170 e. The normalized spacial score (nSPS) is 17.0. The van der Waals surface area contributed by atoms with Crippen LogP contribution in [0.15, 0.2) is 4.34 Å². The average molecular weight is 254 g/mol. The van der Waals surface area contributed by atoms with Crippen molar-refractivity contribution in [2.45, 2.75) is 42.6 Å². The Bertz CT molecular complexity index is 380. The van der Waals surface area contributed by atoms with Crippen molar-refractivity contribution in [3.63, 3.8) is 0 Å². The Kier molecular flexibility index (Phi) is 4.16. The second-order valence-corrected chi connectivity index (χ2v) is 5.78. The highest BCUT2D eigenvalue weighted by Crippen LogP contribution is 2.23. The van der Waals surface area contributed by atoms with Gasteiger partial charge in [0, 0.05) is 18.2 Å². The van der Waals surface area contributed by atoms with Crippen LogP contribution in [0.5, 0.6) is 0 Å². The first-order chi connectivity index (χ1) is 7.81. The van der Waals surface area contributed by atoms with Crippen molar-refractivity contribution in [1.29, 1.82) is 5.26 Å². The van der Waals surface area contributed by atoms with Gasteiger partial charge in [-0.15, -0.1) is 0 Å². The third-order valence-corrected chi connectivity index (χ3v) is 4.27. The molecule has 1 N–H and O–H groups in total. The van der Waals surface area contributed by atoms with Gasteiger partial charge in [0.2, 0.25) is 0 Å². The standard InChI is InChI=1S/C10H14N4S2/c1-2-9-13-10(16-14-9)15-6-8(5-11)12-7-3-4-7/h7-8,12H,2-4,6H2,1H3. The summed E-state index contributed by atoms with van der Waals surface area (Å²) < 4.78 is 5.19. The lowest BCUT2D eigenvalue weighted by Crippen LogP contribution is -2.31. The number of nitrogens with zero attached hydrogens (tertiary/aromatic N) is 3. The molecule has 1 aromatic rings. The van der Waals surface area contributed by atoms with Crippen LogP contribution in [0.1, 0.15) is 25.6 Å². The lowest BCUT2D eigenvalue weighted by molar-refractivity contribution is 0.644. The van der Waals surface area contributed by atoms with Gasteiger partial charge in [0.25, 0.3) is 0 Å². The molecule has 1 aliphatic carbocycles. The highest BCUT2D eigenvalue weighted by molar-refractivity contribution is 8.00. The fourth-order valence-electron chi connectivity index (χ4n) is 1.25. The highest BCUT2D eigenvalue weighted by atomic mass is 32.2. The summed E-state index contributed by atoms with van der Waals surface area (Å²) in [4.78, 5) is 4.36. The summed E-state index contributed by atoms with van der Waals surface area (Å²) in [6.45, 7) is 2.04. The maximum absolute atomic E-state index is 8.97. The Morgan fingerprint density at radius 2 is 2.50 bits per heavy atom. The lowest BCUT2D eigenvalue weighted by Gasteiger charge is -2.08. The zero-order valence-electron chi connectivity index (χ0n) is 9.14. The van der Waals surface area contributed by atoms with Crippen molar-refractivity contribution in [1.82, 2.24) is 14.7 Å². The number of thioether (sulfide) groups is 1. The first-order valence-corrected chi connectivity index (χ1v) is 7.18. The summed E-state index contributed by atoms with van der Waals surface area (Å²) in [5.74, 6) is 1.65. The molecule has 0 amide bonds. The van der Waals surface area contributed by atoms with Gasteiger partial charge in [-0.3, -0.25) is 5.32 Å². The van der Waals surface area contributed by atoms with Gasteiger partial charge >= 0.3 is 0 Å². The van der Waals surface area contributed by atoms with Crippen molar-refractivity contribution in [2.24, 2.45) is 0 Å². The number of aromatic nitrogens is 2. The van der Waals surface area contributed by atoms with Crippen LogP contribution in [0.4, 0.5) is 0 Å². The molecule has 1 atom stereocenters. The quantitative estimate of drug-likeness (QED) is 0.785. The van der Waals surface area contributed by atoms with Gasteiger partial charge in [-0.05, 0) is 24.4 Å². The Labute approximate surface area is 104 Å². The zero-order valence-corrected chi connectivity index (χ0v) is 10.8. The van der Waals surface area contributed by atoms with Crippen LogP contribution in [0.25, 0.3) is 0 Å². The molecule has 0 bridgehead atoms. The van der Waals surface area contributed by atoms with E-state index < -0.39 is 0 Å². The topological polar surface area (TPSA) is 61.6 Å². The Morgan fingerprint density at radius 3 is 3.06 bits per heavy atom. The van der Waals surface area contributed by atoms with Gasteiger partial charge < -0.3 is 0 Å². The van der Waals surface area contributed by atoms with Crippen LogP contribution < -0.4 is 5.32 Å². The number of nitrogens with one attached hydrogen (secondary N) is 1. The molecule has 16 heavy (non-hydrogen) atoms. The highest BCUT2D eigenvalue weighted by Gasteiger charge is 2.24. The maximum atomic E-state index is 8.97. The van der Waals surface area contributed by atoms with E-state index in [1.54, 1.807) is 11.8 Å². The SMILES string of the molecule is CCc1nsc(SCC(C#N)NC2CC2)n1. The fourth-order valence-corrected chi connectivity index (χ4v) is 2.93. The van der Waals surface area contributed by atoms with Crippen molar-refractivity contribution < 1.29 is 0 Å². The summed E-state index contributed by atoms with van der Waals surface area (Å²) in [6, 6.07) is 2.80. The minimum atomic E-state index is -0.0634. The molecule has 1 aliphatic rings. The van der Waals surface area contributed by atoms with Crippen molar-refractivity contribution in [2.75, 3.05) is 5.75 Å². The zero-order chi connectivity index (χ0) is 11.4. The Hall–Kier alpha value is -0.640. The first kappa shape index (κ1) is 11.8. The van der Waals surface area contributed by atoms with Gasteiger partial charge in [-0.2, -0.15) is 9.64 Å². The van der Waals surface area contributed by atoms with E-state index in [1.807, 2.05) is 6.92 Å². The Morgan fingerprint density at radius 1 is 1.69 bits per heavy atom. The summed E-state index contributed by atoms with van der Waals surface area (Å²) in [5, 5.41) is 12.3. The summed E-state index contributed by atoms with van der Waals surface area (Å²) in [5.41, 5.74) is 0. The van der Waals surface area contributed by atoms with E-state index in [2.05, 4.69) is 20.7 Å². The van der Waals surface area contributed by atoms with Gasteiger partial charge in [0.1, 0.15) is 11.9 Å². The van der Waals surface area contributed by atoms with Gasteiger partial charge in [0.05, 0.1) is 6.07 Å². The third-order valence-electron chi connectivity index (χ3n) is 2.31. The van der Waals surface area contributed by atoms with Crippen LogP contribution in [-0.2, 0) is 6.42 Å². The molecule has 0 radical (unpaired) electrons. The molecule has 4 nitrogen and oxygen atoms in total. The summed E-state index contributed by atoms with van der Waals surface area (Å²) >= 11 is 3.04. The number of hydrogen-bond donors (Lipinski definition) is 1. The number of nitriles is 1. The predicted molar refractivity (Wildman–Crippen MR) is 65.6 cm³/mol. The molecule has 1 saturated carbocycles. The third kappa shape index (κ3) is 3.44. The number of rotatable bonds is 6. The molecule has 1 heterocycles. The fraction of sp³-hybridized carbons (Fsp3) is 0.700. The molecular weight excluding hydrogens is 240 g/mol. The average Bonchev–Trinajstić information content (AvgIpc) is 3.00. The Balaban J connectivity index is 1.78. The van der Waals surface area contributed by atoms with E-state index in [1.165, 1.54) is 24.4 Å². The van der Waals surface area contributed by atoms with Crippen molar-refractivity contribution >= 4 is 23.3 Å². The van der Waals surface area contributed by atoms with Crippen molar-refractivity contribution in [3.8, 4) is 6.07 Å². The van der Waals surface area contributed by atoms with Crippen LogP contribution in [0.2, 0.25) is 0 Å². The van der Waals surface area contributed by atoms with Crippen LogP contribution in [0.3, 0.4) is 0 Å². The first-order valence-electron chi connectivity index (χ1n) is 5.43. The molecule has 2 rings (SSSR count). The minimum absolute atomic E-state index is 0.0634. The molecule has 1 aromatic heterocycles. The van der Waals surface area contributed by atoms with E-state index in [9.17, 15) is 0 Å². The molecule has 1 fully saturated rings. The van der Waals surface area contributed by atoms with Gasteiger partial charge in [-0.1, -0.05) is 18.7 Å². The monoisotopic (exact) mass is 254 g/mol. The summed E-state index contributed by atoms with van der Waals surface area (Å²) in [6.07, 6.45) is 3.29. The van der Waals surface area contributed by atoms with Crippen molar-refractivity contribution in [3.05, 3.63) is 5.82 Å². The minimum Gasteiger partial charge on any atom is -0.298 e. The van der Waals surface area contributed by atoms with Crippen LogP contribution in [-0.4, -0.2) is 27.2 Å². The molecule has 86 valence electrons. The van der Waals surface area contributed by atoms with E-state index in [0.717, 1.165) is 22.3 Å². The van der Waals surface area contributed by atoms with E-state index in [-0.39, 0.29) is 6.04 Å². The lowest BCUT2D eigenvalue weighted by atomic mass is 10.4. The second-order valence-electron chi connectivity index (χ2n) is 3.76. The van der Waals surface area contributed by atoms with Crippen LogP contribution >= 0.6 is 23.3 Å².